The molecule has 3 nitrogen and oxygen atoms in total. The fourth-order valence-corrected chi connectivity index (χ4v) is 1.85. The standard InChI is InChI=1S/C9H15F3N2O/c1-14(6-9(10,11)12)7(15)8(5-13)3-2-4-8/h2-6,13H2,1H3. The predicted octanol–water partition coefficient (Wildman–Crippen LogP) is 1.14. The van der Waals surface area contributed by atoms with Gasteiger partial charge in [-0.25, -0.2) is 0 Å². The quantitative estimate of drug-likeness (QED) is 0.781. The second-order valence-electron chi connectivity index (χ2n) is 4.11. The van der Waals surface area contributed by atoms with Crippen LogP contribution in [0.5, 0.6) is 0 Å². The fourth-order valence-electron chi connectivity index (χ4n) is 1.85. The number of hydrogen-bond donors (Lipinski definition) is 1. The van der Waals surface area contributed by atoms with Crippen molar-refractivity contribution in [2.24, 2.45) is 11.1 Å². The Kier molecular flexibility index (Phi) is 3.28. The molecule has 0 aromatic rings. The van der Waals surface area contributed by atoms with Crippen LogP contribution in [0.1, 0.15) is 19.3 Å². The lowest BCUT2D eigenvalue weighted by molar-refractivity contribution is -0.167. The molecular weight excluding hydrogens is 209 g/mol. The highest BCUT2D eigenvalue weighted by molar-refractivity contribution is 5.83. The molecule has 0 spiro atoms. The zero-order chi connectivity index (χ0) is 11.7. The van der Waals surface area contributed by atoms with Crippen LogP contribution in [0, 0.1) is 5.41 Å². The molecule has 1 aliphatic rings. The van der Waals surface area contributed by atoms with Crippen LogP contribution in [-0.4, -0.2) is 37.1 Å². The average Bonchev–Trinajstić information content (AvgIpc) is 1.99. The van der Waals surface area contributed by atoms with Crippen molar-refractivity contribution < 1.29 is 18.0 Å². The largest absolute Gasteiger partial charge is 0.406 e. The number of nitrogens with two attached hydrogens (primary N) is 1. The molecule has 0 atom stereocenters. The smallest absolute Gasteiger partial charge is 0.336 e. The van der Waals surface area contributed by atoms with E-state index in [0.717, 1.165) is 11.3 Å². The molecule has 2 N–H and O–H groups in total. The summed E-state index contributed by atoms with van der Waals surface area (Å²) in [4.78, 5) is 12.4. The van der Waals surface area contributed by atoms with Gasteiger partial charge in [-0.15, -0.1) is 0 Å². The number of alkyl halides is 3. The molecular formula is C9H15F3N2O. The zero-order valence-corrected chi connectivity index (χ0v) is 8.60. The monoisotopic (exact) mass is 224 g/mol. The third kappa shape index (κ3) is 2.62. The first-order chi connectivity index (χ1) is 6.81. The van der Waals surface area contributed by atoms with Crippen LogP contribution < -0.4 is 5.73 Å². The molecule has 88 valence electrons. The summed E-state index contributed by atoms with van der Waals surface area (Å²) in [6.45, 7) is -1.07. The number of hydrogen-bond acceptors (Lipinski definition) is 2. The summed E-state index contributed by atoms with van der Waals surface area (Å²) in [5.41, 5.74) is 4.72. The molecule has 1 aliphatic carbocycles. The predicted molar refractivity (Wildman–Crippen MR) is 49.0 cm³/mol. The summed E-state index contributed by atoms with van der Waals surface area (Å²) in [5.74, 6) is -0.478. The van der Waals surface area contributed by atoms with E-state index in [4.69, 9.17) is 5.73 Å². The molecule has 1 rings (SSSR count). The minimum Gasteiger partial charge on any atom is -0.336 e. The van der Waals surface area contributed by atoms with Crippen LogP contribution in [0.3, 0.4) is 0 Å². The average molecular weight is 224 g/mol. The number of rotatable bonds is 3. The van der Waals surface area contributed by atoms with E-state index in [1.165, 1.54) is 7.05 Å². The minimum atomic E-state index is -4.34. The van der Waals surface area contributed by atoms with Crippen LogP contribution in [0.15, 0.2) is 0 Å². The molecule has 0 aromatic carbocycles. The Morgan fingerprint density at radius 2 is 2.00 bits per heavy atom. The molecule has 0 aromatic heterocycles. The summed E-state index contributed by atoms with van der Waals surface area (Å²) in [6.07, 6.45) is -2.28. The van der Waals surface area contributed by atoms with Gasteiger partial charge in [0.15, 0.2) is 0 Å². The first-order valence-corrected chi connectivity index (χ1v) is 4.83. The first kappa shape index (κ1) is 12.3. The van der Waals surface area contributed by atoms with Gasteiger partial charge >= 0.3 is 6.18 Å². The molecule has 0 heterocycles. The van der Waals surface area contributed by atoms with Crippen LogP contribution >= 0.6 is 0 Å². The van der Waals surface area contributed by atoms with E-state index in [9.17, 15) is 18.0 Å². The van der Waals surface area contributed by atoms with Crippen LogP contribution in [0.2, 0.25) is 0 Å². The maximum atomic E-state index is 12.1. The molecule has 1 fully saturated rings. The minimum absolute atomic E-state index is 0.133. The van der Waals surface area contributed by atoms with Gasteiger partial charge in [0.25, 0.3) is 0 Å². The van der Waals surface area contributed by atoms with Gasteiger partial charge in [0.1, 0.15) is 6.54 Å². The summed E-state index contributed by atoms with van der Waals surface area (Å²) < 4.78 is 36.2. The van der Waals surface area contributed by atoms with Gasteiger partial charge in [-0.2, -0.15) is 13.2 Å². The SMILES string of the molecule is CN(CC(F)(F)F)C(=O)C1(CN)CCC1. The topological polar surface area (TPSA) is 46.3 Å². The van der Waals surface area contributed by atoms with Crippen molar-refractivity contribution in [1.29, 1.82) is 0 Å². The Labute approximate surface area is 86.4 Å². The van der Waals surface area contributed by atoms with Gasteiger partial charge in [-0.1, -0.05) is 6.42 Å². The molecule has 0 unspecified atom stereocenters. The summed E-state index contributed by atoms with van der Waals surface area (Å²) in [6, 6.07) is 0. The van der Waals surface area contributed by atoms with Crippen molar-refractivity contribution in [3.63, 3.8) is 0 Å². The van der Waals surface area contributed by atoms with Crippen LogP contribution in [0.4, 0.5) is 13.2 Å². The first-order valence-electron chi connectivity index (χ1n) is 4.83. The maximum absolute atomic E-state index is 12.1. The van der Waals surface area contributed by atoms with Crippen LogP contribution in [-0.2, 0) is 4.79 Å². The highest BCUT2D eigenvalue weighted by atomic mass is 19.4. The second kappa shape index (κ2) is 4.00. The van der Waals surface area contributed by atoms with Gasteiger partial charge in [0.05, 0.1) is 5.41 Å². The van der Waals surface area contributed by atoms with Crippen LogP contribution in [0.25, 0.3) is 0 Å². The summed E-state index contributed by atoms with van der Waals surface area (Å²) in [5, 5.41) is 0. The van der Waals surface area contributed by atoms with E-state index in [1.54, 1.807) is 0 Å². The molecule has 1 amide bonds. The molecule has 6 heteroatoms. The molecule has 0 radical (unpaired) electrons. The van der Waals surface area contributed by atoms with Gasteiger partial charge in [0.2, 0.25) is 5.91 Å². The zero-order valence-electron chi connectivity index (χ0n) is 8.60. The fraction of sp³-hybridized carbons (Fsp3) is 0.889. The molecule has 0 bridgehead atoms. The lowest BCUT2D eigenvalue weighted by atomic mass is 9.68. The third-order valence-corrected chi connectivity index (χ3v) is 2.92. The number of nitrogens with zero attached hydrogens (tertiary/aromatic N) is 1. The normalized spacial score (nSPS) is 19.5. The number of amides is 1. The Balaban J connectivity index is 2.60. The van der Waals surface area contributed by atoms with E-state index >= 15 is 0 Å². The Morgan fingerprint density at radius 3 is 2.27 bits per heavy atom. The Bertz CT molecular complexity index is 243. The molecule has 0 saturated heterocycles. The van der Waals surface area contributed by atoms with Crippen molar-refractivity contribution in [1.82, 2.24) is 4.90 Å². The van der Waals surface area contributed by atoms with Gasteiger partial charge in [0, 0.05) is 13.6 Å². The van der Waals surface area contributed by atoms with Crippen molar-refractivity contribution in [3.8, 4) is 0 Å². The van der Waals surface area contributed by atoms with Gasteiger partial charge in [-0.05, 0) is 12.8 Å². The number of halogens is 3. The Hall–Kier alpha value is -0.780. The van der Waals surface area contributed by atoms with E-state index in [1.807, 2.05) is 0 Å². The van der Waals surface area contributed by atoms with Crippen molar-refractivity contribution in [3.05, 3.63) is 0 Å². The van der Waals surface area contributed by atoms with Gasteiger partial charge < -0.3 is 10.6 Å². The Morgan fingerprint density at radius 1 is 1.47 bits per heavy atom. The number of carbonyl (C=O) groups excluding carboxylic acids is 1. The maximum Gasteiger partial charge on any atom is 0.406 e. The van der Waals surface area contributed by atoms with Crippen molar-refractivity contribution in [2.45, 2.75) is 25.4 Å². The van der Waals surface area contributed by atoms with Crippen molar-refractivity contribution in [2.75, 3.05) is 20.1 Å². The van der Waals surface area contributed by atoms with E-state index in [0.29, 0.717) is 12.8 Å². The molecule has 1 saturated carbocycles. The summed E-state index contributed by atoms with van der Waals surface area (Å²) in [7, 11) is 1.17. The summed E-state index contributed by atoms with van der Waals surface area (Å²) >= 11 is 0. The third-order valence-electron chi connectivity index (χ3n) is 2.92. The molecule has 0 aliphatic heterocycles. The van der Waals surface area contributed by atoms with E-state index < -0.39 is 24.0 Å². The highest BCUT2D eigenvalue weighted by Crippen LogP contribution is 2.41. The lowest BCUT2D eigenvalue weighted by Crippen LogP contribution is -2.52. The lowest BCUT2D eigenvalue weighted by Gasteiger charge is -2.41. The van der Waals surface area contributed by atoms with E-state index in [-0.39, 0.29) is 6.54 Å². The number of carbonyl (C=O) groups is 1. The molecule has 15 heavy (non-hydrogen) atoms. The van der Waals surface area contributed by atoms with Gasteiger partial charge in [-0.3, -0.25) is 4.79 Å². The second-order valence-corrected chi connectivity index (χ2v) is 4.11. The highest BCUT2D eigenvalue weighted by Gasteiger charge is 2.46. The van der Waals surface area contributed by atoms with Crippen molar-refractivity contribution >= 4 is 5.91 Å². The van der Waals surface area contributed by atoms with E-state index in [2.05, 4.69) is 0 Å².